The molecule has 202 valence electrons. The summed E-state index contributed by atoms with van der Waals surface area (Å²) < 4.78 is 12.2. The standard InChI is InChI=1S/C31H37ClN2O4/c1-30(2,36)22-10-13-28-26(18-22)24(25-6-4-15-33-27(25)20-38-28)7-5-16-34-17-14-31(37-3,29(35)19-34)21-8-11-23(32)12-9-21/h4,6-13,15,18,26,28-29,35-36H,5,14,16-17,19-20H2,1-3H3/b24-7+. The van der Waals surface area contributed by atoms with E-state index in [0.29, 0.717) is 24.6 Å². The minimum atomic E-state index is -0.932. The van der Waals surface area contributed by atoms with Gasteiger partial charge in [-0.25, -0.2) is 0 Å². The van der Waals surface area contributed by atoms with E-state index in [2.05, 4.69) is 34.2 Å². The highest BCUT2D eigenvalue weighted by molar-refractivity contribution is 6.30. The number of likely N-dealkylation sites (tertiary alicyclic amines) is 1. The molecule has 4 atom stereocenters. The molecule has 38 heavy (non-hydrogen) atoms. The summed E-state index contributed by atoms with van der Waals surface area (Å²) in [4.78, 5) is 6.89. The Hall–Kier alpha value is -2.32. The molecule has 5 rings (SSSR count). The Bertz CT molecular complexity index is 1230. The molecule has 0 spiro atoms. The minimum Gasteiger partial charge on any atom is -0.388 e. The molecular weight excluding hydrogens is 500 g/mol. The van der Waals surface area contributed by atoms with Crippen molar-refractivity contribution in [3.63, 3.8) is 0 Å². The van der Waals surface area contributed by atoms with Crippen molar-refractivity contribution in [1.29, 1.82) is 0 Å². The highest BCUT2D eigenvalue weighted by Gasteiger charge is 2.44. The van der Waals surface area contributed by atoms with Crippen molar-refractivity contribution in [2.24, 2.45) is 5.92 Å². The zero-order chi connectivity index (χ0) is 26.9. The van der Waals surface area contributed by atoms with Crippen LogP contribution in [-0.2, 0) is 21.7 Å². The number of piperidine rings is 1. The summed E-state index contributed by atoms with van der Waals surface area (Å²) >= 11 is 6.09. The zero-order valence-corrected chi connectivity index (χ0v) is 23.1. The second kappa shape index (κ2) is 11.0. The van der Waals surface area contributed by atoms with E-state index in [1.54, 1.807) is 13.3 Å². The molecule has 6 nitrogen and oxygen atoms in total. The fraction of sp³-hybridized carbons (Fsp3) is 0.452. The van der Waals surface area contributed by atoms with Crippen LogP contribution < -0.4 is 0 Å². The molecule has 0 bridgehead atoms. The molecule has 7 heteroatoms. The van der Waals surface area contributed by atoms with Gasteiger partial charge in [-0.1, -0.05) is 54.1 Å². The molecule has 1 saturated heterocycles. The lowest BCUT2D eigenvalue weighted by Crippen LogP contribution is -2.54. The van der Waals surface area contributed by atoms with E-state index < -0.39 is 17.3 Å². The Morgan fingerprint density at radius 3 is 2.76 bits per heavy atom. The topological polar surface area (TPSA) is 75.1 Å². The number of hydrogen-bond donors (Lipinski definition) is 2. The highest BCUT2D eigenvalue weighted by Crippen LogP contribution is 2.40. The number of methoxy groups -OCH3 is 1. The van der Waals surface area contributed by atoms with Crippen molar-refractivity contribution < 1.29 is 19.7 Å². The van der Waals surface area contributed by atoms with Crippen LogP contribution in [-0.4, -0.2) is 64.6 Å². The van der Waals surface area contributed by atoms with E-state index in [1.165, 1.54) is 5.57 Å². The monoisotopic (exact) mass is 536 g/mol. The lowest BCUT2D eigenvalue weighted by atomic mass is 9.80. The van der Waals surface area contributed by atoms with Gasteiger partial charge in [0.1, 0.15) is 5.60 Å². The maximum atomic E-state index is 11.2. The molecule has 2 N–H and O–H groups in total. The molecule has 3 heterocycles. The molecule has 1 fully saturated rings. The van der Waals surface area contributed by atoms with E-state index in [1.807, 2.05) is 50.3 Å². The van der Waals surface area contributed by atoms with Crippen LogP contribution in [0.15, 0.2) is 72.5 Å². The summed E-state index contributed by atoms with van der Waals surface area (Å²) in [7, 11) is 1.67. The van der Waals surface area contributed by atoms with E-state index in [-0.39, 0.29) is 12.0 Å². The van der Waals surface area contributed by atoms with Gasteiger partial charge in [0.25, 0.3) is 0 Å². The van der Waals surface area contributed by atoms with Gasteiger partial charge in [-0.15, -0.1) is 0 Å². The quantitative estimate of drug-likeness (QED) is 0.547. The van der Waals surface area contributed by atoms with Crippen molar-refractivity contribution in [1.82, 2.24) is 9.88 Å². The third-order valence-corrected chi connectivity index (χ3v) is 8.39. The van der Waals surface area contributed by atoms with Gasteiger partial charge in [0, 0.05) is 49.4 Å². The van der Waals surface area contributed by atoms with Crippen LogP contribution in [0.3, 0.4) is 0 Å². The maximum Gasteiger partial charge on any atom is 0.121 e. The van der Waals surface area contributed by atoms with E-state index in [0.717, 1.165) is 41.9 Å². The molecule has 4 unspecified atom stereocenters. The van der Waals surface area contributed by atoms with Gasteiger partial charge in [0.15, 0.2) is 0 Å². The van der Waals surface area contributed by atoms with Crippen LogP contribution >= 0.6 is 11.6 Å². The number of rotatable bonds is 6. The van der Waals surface area contributed by atoms with Crippen molar-refractivity contribution in [2.75, 3.05) is 26.7 Å². The molecule has 3 aliphatic rings. The molecule has 0 radical (unpaired) electrons. The lowest BCUT2D eigenvalue weighted by Gasteiger charge is -2.45. The smallest absolute Gasteiger partial charge is 0.121 e. The second-order valence-electron chi connectivity index (χ2n) is 11.0. The normalized spacial score (nSPS) is 28.9. The first-order valence-electron chi connectivity index (χ1n) is 13.3. The van der Waals surface area contributed by atoms with Crippen LogP contribution in [0.25, 0.3) is 5.57 Å². The summed E-state index contributed by atoms with van der Waals surface area (Å²) in [6.45, 7) is 6.23. The Kier molecular flexibility index (Phi) is 7.92. The number of hydrogen-bond acceptors (Lipinski definition) is 6. The van der Waals surface area contributed by atoms with Crippen molar-refractivity contribution >= 4 is 17.2 Å². The van der Waals surface area contributed by atoms with Crippen molar-refractivity contribution in [3.8, 4) is 0 Å². The van der Waals surface area contributed by atoms with E-state index in [9.17, 15) is 10.2 Å². The Labute approximate surface area is 230 Å². The predicted molar refractivity (Wildman–Crippen MR) is 150 cm³/mol. The van der Waals surface area contributed by atoms with Gasteiger partial charge < -0.3 is 24.6 Å². The highest BCUT2D eigenvalue weighted by atomic mass is 35.5. The summed E-state index contributed by atoms with van der Waals surface area (Å²) in [5, 5.41) is 22.6. The Balaban J connectivity index is 1.35. The van der Waals surface area contributed by atoms with Gasteiger partial charge in [-0.3, -0.25) is 4.98 Å². The number of β-amino-alcohol motifs (C(OH)–C–C–N with tert-alkyl or cyclic N) is 1. The van der Waals surface area contributed by atoms with E-state index in [4.69, 9.17) is 21.1 Å². The Morgan fingerprint density at radius 2 is 2.05 bits per heavy atom. The summed E-state index contributed by atoms with van der Waals surface area (Å²) in [6, 6.07) is 11.7. The number of aliphatic hydroxyl groups excluding tert-OH is 1. The van der Waals surface area contributed by atoms with Crippen LogP contribution in [0.2, 0.25) is 5.02 Å². The third-order valence-electron chi connectivity index (χ3n) is 8.13. The average Bonchev–Trinajstić information content (AvgIpc) is 3.06. The Morgan fingerprint density at radius 1 is 1.26 bits per heavy atom. The number of halogens is 1. The number of aromatic nitrogens is 1. The zero-order valence-electron chi connectivity index (χ0n) is 22.3. The number of ether oxygens (including phenoxy) is 2. The number of pyridine rings is 1. The van der Waals surface area contributed by atoms with Crippen LogP contribution in [0.5, 0.6) is 0 Å². The molecule has 1 aromatic carbocycles. The molecule has 2 aromatic rings. The first-order chi connectivity index (χ1) is 18.2. The lowest BCUT2D eigenvalue weighted by molar-refractivity contribution is -0.146. The predicted octanol–water partition coefficient (Wildman–Crippen LogP) is 4.90. The summed E-state index contributed by atoms with van der Waals surface area (Å²) in [5.74, 6) is -0.00938. The van der Waals surface area contributed by atoms with Crippen LogP contribution in [0, 0.1) is 5.92 Å². The molecule has 1 aliphatic carbocycles. The first kappa shape index (κ1) is 27.3. The van der Waals surface area contributed by atoms with Gasteiger partial charge in [-0.05, 0) is 61.6 Å². The van der Waals surface area contributed by atoms with Gasteiger partial charge in [-0.2, -0.15) is 0 Å². The molecule has 2 aliphatic heterocycles. The minimum absolute atomic E-state index is 0.00938. The average molecular weight is 537 g/mol. The largest absolute Gasteiger partial charge is 0.388 e. The molecule has 0 saturated carbocycles. The number of nitrogens with zero attached hydrogens (tertiary/aromatic N) is 2. The summed E-state index contributed by atoms with van der Waals surface area (Å²) in [6.07, 6.45) is 11.0. The third kappa shape index (κ3) is 5.39. The fourth-order valence-electron chi connectivity index (χ4n) is 5.92. The number of benzene rings is 1. The fourth-order valence-corrected chi connectivity index (χ4v) is 6.04. The first-order valence-corrected chi connectivity index (χ1v) is 13.7. The second-order valence-corrected chi connectivity index (χ2v) is 11.4. The molecule has 1 aromatic heterocycles. The maximum absolute atomic E-state index is 11.2. The van der Waals surface area contributed by atoms with Crippen LogP contribution in [0.1, 0.15) is 43.5 Å². The van der Waals surface area contributed by atoms with Gasteiger partial charge in [0.2, 0.25) is 0 Å². The molecular formula is C31H37ClN2O4. The van der Waals surface area contributed by atoms with Crippen LogP contribution in [0.4, 0.5) is 0 Å². The van der Waals surface area contributed by atoms with Crippen molar-refractivity contribution in [2.45, 2.75) is 56.7 Å². The SMILES string of the molecule is COC1(c2ccc(Cl)cc2)CCN(CC/C=C2\c3cccnc3COC3C=CC(C(C)(C)O)=CC23)CC1O. The molecule has 0 amide bonds. The van der Waals surface area contributed by atoms with Gasteiger partial charge in [0.05, 0.1) is 30.1 Å². The summed E-state index contributed by atoms with van der Waals surface area (Å²) in [5.41, 5.74) is 3.38. The number of aliphatic hydroxyl groups is 2. The van der Waals surface area contributed by atoms with Gasteiger partial charge >= 0.3 is 0 Å². The number of fused-ring (bicyclic) bond motifs is 2. The van der Waals surface area contributed by atoms with E-state index >= 15 is 0 Å². The van der Waals surface area contributed by atoms with Crippen molar-refractivity contribution in [3.05, 3.63) is 94.3 Å².